The number of benzene rings is 1. The maximum Gasteiger partial charge on any atom is 0.222 e. The van der Waals surface area contributed by atoms with Gasteiger partial charge in [-0.15, -0.1) is 0 Å². The number of nitrogens with one attached hydrogen (secondary N) is 1. The van der Waals surface area contributed by atoms with Crippen LogP contribution in [0.15, 0.2) is 24.3 Å². The molecule has 1 aromatic carbocycles. The maximum atomic E-state index is 12.5. The predicted octanol–water partition coefficient (Wildman–Crippen LogP) is 2.04. The Labute approximate surface area is 186 Å². The molecule has 0 bridgehead atoms. The predicted molar refractivity (Wildman–Crippen MR) is 119 cm³/mol. The quantitative estimate of drug-likeness (QED) is 0.680. The molecule has 3 saturated heterocycles. The van der Waals surface area contributed by atoms with Crippen molar-refractivity contribution in [2.45, 2.75) is 63.4 Å². The van der Waals surface area contributed by atoms with Gasteiger partial charge in [0.2, 0.25) is 5.91 Å². The van der Waals surface area contributed by atoms with E-state index in [1.807, 2.05) is 13.0 Å². The van der Waals surface area contributed by atoms with Crippen LogP contribution in [-0.2, 0) is 20.7 Å². The lowest BCUT2D eigenvalue weighted by atomic mass is 9.98. The molecule has 0 aliphatic carbocycles. The summed E-state index contributed by atoms with van der Waals surface area (Å²) in [5, 5.41) is 3.29. The van der Waals surface area contributed by atoms with Crippen molar-refractivity contribution >= 4 is 5.91 Å². The second-order valence-corrected chi connectivity index (χ2v) is 9.09. The molecule has 31 heavy (non-hydrogen) atoms. The minimum atomic E-state index is 0.0257. The minimum Gasteiger partial charge on any atom is -0.488 e. The monoisotopic (exact) mass is 431 g/mol. The van der Waals surface area contributed by atoms with Crippen LogP contribution in [0, 0.1) is 0 Å². The van der Waals surface area contributed by atoms with Gasteiger partial charge in [0, 0.05) is 45.2 Å². The van der Waals surface area contributed by atoms with Gasteiger partial charge in [-0.2, -0.15) is 0 Å². The normalized spacial score (nSPS) is 29.0. The molecule has 2 unspecified atom stereocenters. The molecule has 3 fully saturated rings. The Morgan fingerprint density at radius 1 is 1.26 bits per heavy atom. The fraction of sp³-hybridized carbons (Fsp3) is 0.708. The standard InChI is InChI=1S/C24H37N3O4/c1-18(17-29-2)31-22-7-3-5-19(14-22)13-20-6-4-8-27(20)23-15-21(16-24(28)25-23)26-9-11-30-12-10-26/h3,5,7,14,18,20-21,23H,4,6,8-13,15-17H2,1-2H3,(H,25,28)/t18-,20-,21?,23?/m1/s1. The summed E-state index contributed by atoms with van der Waals surface area (Å²) in [6.45, 7) is 7.06. The lowest BCUT2D eigenvalue weighted by molar-refractivity contribution is -0.129. The molecule has 3 aliphatic heterocycles. The average Bonchev–Trinajstić information content (AvgIpc) is 3.22. The average molecular weight is 432 g/mol. The van der Waals surface area contributed by atoms with Gasteiger partial charge in [0.1, 0.15) is 11.9 Å². The smallest absolute Gasteiger partial charge is 0.222 e. The van der Waals surface area contributed by atoms with E-state index in [1.165, 1.54) is 18.4 Å². The Bertz CT molecular complexity index is 725. The molecule has 1 amide bonds. The van der Waals surface area contributed by atoms with Gasteiger partial charge in [-0.05, 0) is 50.3 Å². The van der Waals surface area contributed by atoms with Crippen molar-refractivity contribution in [1.29, 1.82) is 0 Å². The zero-order chi connectivity index (χ0) is 21.6. The largest absolute Gasteiger partial charge is 0.488 e. The molecule has 4 rings (SSSR count). The van der Waals surface area contributed by atoms with Crippen LogP contribution in [0.4, 0.5) is 0 Å². The van der Waals surface area contributed by atoms with Gasteiger partial charge in [0.15, 0.2) is 0 Å². The number of hydrogen-bond acceptors (Lipinski definition) is 6. The van der Waals surface area contributed by atoms with E-state index in [0.717, 1.165) is 51.4 Å². The van der Waals surface area contributed by atoms with Crippen LogP contribution < -0.4 is 10.1 Å². The van der Waals surface area contributed by atoms with Crippen LogP contribution >= 0.6 is 0 Å². The molecule has 0 saturated carbocycles. The fourth-order valence-corrected chi connectivity index (χ4v) is 5.30. The molecule has 7 heteroatoms. The minimum absolute atomic E-state index is 0.0257. The van der Waals surface area contributed by atoms with Crippen LogP contribution in [0.1, 0.15) is 38.2 Å². The molecule has 4 atom stereocenters. The lowest BCUT2D eigenvalue weighted by Crippen LogP contribution is -2.59. The molecular formula is C24H37N3O4. The lowest BCUT2D eigenvalue weighted by Gasteiger charge is -2.43. The zero-order valence-corrected chi connectivity index (χ0v) is 18.9. The number of amides is 1. The number of methoxy groups -OCH3 is 1. The third kappa shape index (κ3) is 5.98. The van der Waals surface area contributed by atoms with Crippen molar-refractivity contribution in [2.24, 2.45) is 0 Å². The number of likely N-dealkylation sites (tertiary alicyclic amines) is 1. The summed E-state index contributed by atoms with van der Waals surface area (Å²) in [6, 6.07) is 9.18. The Morgan fingerprint density at radius 2 is 2.10 bits per heavy atom. The van der Waals surface area contributed by atoms with Crippen LogP contribution in [0.2, 0.25) is 0 Å². The van der Waals surface area contributed by atoms with Gasteiger partial charge < -0.3 is 19.5 Å². The third-order valence-electron chi connectivity index (χ3n) is 6.74. The number of rotatable bonds is 8. The highest BCUT2D eigenvalue weighted by molar-refractivity contribution is 5.77. The van der Waals surface area contributed by atoms with Crippen LogP contribution in [0.3, 0.4) is 0 Å². The second kappa shape index (κ2) is 10.8. The van der Waals surface area contributed by atoms with E-state index in [1.54, 1.807) is 7.11 Å². The number of ether oxygens (including phenoxy) is 3. The SMILES string of the molecule is COC[C@@H](C)Oc1cccc(C[C@H]2CCCN2C2CC(N3CCOCC3)CC(=O)N2)c1. The van der Waals surface area contributed by atoms with Crippen LogP contribution in [0.5, 0.6) is 5.75 Å². The summed E-state index contributed by atoms with van der Waals surface area (Å²) in [5.74, 6) is 1.07. The van der Waals surface area contributed by atoms with E-state index >= 15 is 0 Å². The first-order valence-electron chi connectivity index (χ1n) is 11.7. The first-order valence-corrected chi connectivity index (χ1v) is 11.7. The summed E-state index contributed by atoms with van der Waals surface area (Å²) in [7, 11) is 1.69. The van der Waals surface area contributed by atoms with Crippen LogP contribution in [0.25, 0.3) is 0 Å². The summed E-state index contributed by atoms with van der Waals surface area (Å²) < 4.78 is 16.7. The number of piperidine rings is 1. The number of morpholine rings is 1. The summed E-state index contributed by atoms with van der Waals surface area (Å²) in [4.78, 5) is 17.5. The molecule has 0 radical (unpaired) electrons. The zero-order valence-electron chi connectivity index (χ0n) is 18.9. The molecule has 1 aromatic rings. The molecule has 172 valence electrons. The molecule has 7 nitrogen and oxygen atoms in total. The van der Waals surface area contributed by atoms with E-state index < -0.39 is 0 Å². The number of nitrogens with zero attached hydrogens (tertiary/aromatic N) is 2. The summed E-state index contributed by atoms with van der Waals surface area (Å²) in [6.07, 6.45) is 5.08. The molecule has 1 N–H and O–H groups in total. The first kappa shape index (κ1) is 22.5. The van der Waals surface area contributed by atoms with Crippen molar-refractivity contribution in [3.05, 3.63) is 29.8 Å². The summed E-state index contributed by atoms with van der Waals surface area (Å²) in [5.41, 5.74) is 1.28. The topological polar surface area (TPSA) is 63.3 Å². The highest BCUT2D eigenvalue weighted by atomic mass is 16.5. The Hall–Kier alpha value is -1.67. The number of hydrogen-bond donors (Lipinski definition) is 1. The number of carbonyl (C=O) groups excluding carboxylic acids is 1. The van der Waals surface area contributed by atoms with Crippen molar-refractivity contribution in [2.75, 3.05) is 46.6 Å². The van der Waals surface area contributed by atoms with Crippen LogP contribution in [-0.4, -0.2) is 86.6 Å². The molecule has 0 spiro atoms. The Balaban J connectivity index is 1.39. The van der Waals surface area contributed by atoms with Gasteiger partial charge in [0.05, 0.1) is 26.0 Å². The van der Waals surface area contributed by atoms with E-state index in [-0.39, 0.29) is 18.2 Å². The fourth-order valence-electron chi connectivity index (χ4n) is 5.30. The Morgan fingerprint density at radius 3 is 2.90 bits per heavy atom. The molecule has 0 aromatic heterocycles. The van der Waals surface area contributed by atoms with Gasteiger partial charge in [-0.1, -0.05) is 12.1 Å². The highest BCUT2D eigenvalue weighted by Gasteiger charge is 2.38. The molecular weight excluding hydrogens is 394 g/mol. The van der Waals surface area contributed by atoms with Gasteiger partial charge in [-0.25, -0.2) is 0 Å². The first-order chi connectivity index (χ1) is 15.1. The van der Waals surface area contributed by atoms with Crippen molar-refractivity contribution in [1.82, 2.24) is 15.1 Å². The maximum absolute atomic E-state index is 12.5. The second-order valence-electron chi connectivity index (χ2n) is 9.09. The molecule has 3 heterocycles. The summed E-state index contributed by atoms with van der Waals surface area (Å²) >= 11 is 0. The van der Waals surface area contributed by atoms with Crippen molar-refractivity contribution < 1.29 is 19.0 Å². The number of carbonyl (C=O) groups is 1. The van der Waals surface area contributed by atoms with Crippen molar-refractivity contribution in [3.8, 4) is 5.75 Å². The highest BCUT2D eigenvalue weighted by Crippen LogP contribution is 2.29. The van der Waals surface area contributed by atoms with E-state index in [4.69, 9.17) is 14.2 Å². The van der Waals surface area contributed by atoms with E-state index in [0.29, 0.717) is 25.1 Å². The van der Waals surface area contributed by atoms with E-state index in [9.17, 15) is 4.79 Å². The van der Waals surface area contributed by atoms with Gasteiger partial charge >= 0.3 is 0 Å². The van der Waals surface area contributed by atoms with Gasteiger partial charge in [0.25, 0.3) is 0 Å². The van der Waals surface area contributed by atoms with Crippen molar-refractivity contribution in [3.63, 3.8) is 0 Å². The Kier molecular flexibility index (Phi) is 7.82. The third-order valence-corrected chi connectivity index (χ3v) is 6.74. The molecule has 3 aliphatic rings. The van der Waals surface area contributed by atoms with Gasteiger partial charge in [-0.3, -0.25) is 14.6 Å². The van der Waals surface area contributed by atoms with E-state index in [2.05, 4.69) is 33.3 Å².